The molecule has 5 nitrogen and oxygen atoms in total. The molecule has 0 amide bonds. The molecule has 1 aliphatic carbocycles. The Hall–Kier alpha value is -3.54. The molecule has 0 radical (unpaired) electrons. The molecule has 1 saturated heterocycles. The zero-order valence-electron chi connectivity index (χ0n) is 20.6. The van der Waals surface area contributed by atoms with Crippen LogP contribution in [0.2, 0.25) is 0 Å². The normalized spacial score (nSPS) is 16.9. The number of hydrogen-bond acceptors (Lipinski definition) is 5. The van der Waals surface area contributed by atoms with Crippen molar-refractivity contribution in [2.45, 2.75) is 57.4 Å². The first-order chi connectivity index (χ1) is 17.8. The Morgan fingerprint density at radius 2 is 1.58 bits per heavy atom. The quantitative estimate of drug-likeness (QED) is 0.326. The molecule has 0 bridgehead atoms. The van der Waals surface area contributed by atoms with Crippen molar-refractivity contribution in [1.29, 1.82) is 0 Å². The number of piperidine rings is 1. The Labute approximate surface area is 211 Å². The van der Waals surface area contributed by atoms with Crippen LogP contribution in [0.1, 0.15) is 51.4 Å². The number of pyridine rings is 3. The predicted octanol–water partition coefficient (Wildman–Crippen LogP) is 7.23. The van der Waals surface area contributed by atoms with E-state index in [1.54, 1.807) is 0 Å². The van der Waals surface area contributed by atoms with Gasteiger partial charge in [-0.3, -0.25) is 4.98 Å². The van der Waals surface area contributed by atoms with E-state index in [1.807, 2.05) is 36.8 Å². The molecule has 2 aliphatic rings. The lowest BCUT2D eigenvalue weighted by Gasteiger charge is -2.30. The molecule has 1 aromatic carbocycles. The third kappa shape index (κ3) is 4.64. The molecule has 2 fully saturated rings. The smallest absolute Gasteiger partial charge is 0.137 e. The average Bonchev–Trinajstić information content (AvgIpc) is 2.94. The summed E-state index contributed by atoms with van der Waals surface area (Å²) >= 11 is 0. The van der Waals surface area contributed by atoms with Crippen molar-refractivity contribution in [3.63, 3.8) is 0 Å². The van der Waals surface area contributed by atoms with Crippen molar-refractivity contribution in [2.24, 2.45) is 0 Å². The number of nitrogens with one attached hydrogen (secondary N) is 1. The zero-order chi connectivity index (χ0) is 24.3. The van der Waals surface area contributed by atoms with Crippen molar-refractivity contribution in [3.8, 4) is 22.4 Å². The van der Waals surface area contributed by atoms with E-state index in [0.29, 0.717) is 6.04 Å². The molecule has 0 spiro atoms. The highest BCUT2D eigenvalue weighted by Gasteiger charge is 2.22. The van der Waals surface area contributed by atoms with E-state index in [0.717, 1.165) is 57.9 Å². The maximum absolute atomic E-state index is 13.9. The van der Waals surface area contributed by atoms with Gasteiger partial charge in [-0.15, -0.1) is 0 Å². The summed E-state index contributed by atoms with van der Waals surface area (Å²) in [5, 5.41) is 5.78. The minimum atomic E-state index is -0.247. The SMILES string of the molecule is Fc1ccc(-c2c(-c3ccnc(NC4CCCCC4)c3)nc(N3CCCCC3)c3ccncc23)cc1. The number of hydrogen-bond donors (Lipinski definition) is 1. The van der Waals surface area contributed by atoms with Crippen molar-refractivity contribution in [3.05, 3.63) is 66.9 Å². The topological polar surface area (TPSA) is 53.9 Å². The monoisotopic (exact) mass is 481 g/mol. The summed E-state index contributed by atoms with van der Waals surface area (Å²) in [5.41, 5.74) is 3.80. The van der Waals surface area contributed by atoms with Gasteiger partial charge in [0.1, 0.15) is 17.5 Å². The number of halogens is 1. The van der Waals surface area contributed by atoms with Crippen LogP contribution in [0.5, 0.6) is 0 Å². The summed E-state index contributed by atoms with van der Waals surface area (Å²) in [5.74, 6) is 1.65. The number of rotatable bonds is 5. The Kier molecular flexibility index (Phi) is 6.50. The fourth-order valence-electron chi connectivity index (χ4n) is 5.72. The average molecular weight is 482 g/mol. The summed E-state index contributed by atoms with van der Waals surface area (Å²) < 4.78 is 13.9. The van der Waals surface area contributed by atoms with E-state index < -0.39 is 0 Å². The zero-order valence-corrected chi connectivity index (χ0v) is 20.6. The van der Waals surface area contributed by atoms with E-state index >= 15 is 0 Å². The van der Waals surface area contributed by atoms with Gasteiger partial charge in [0.25, 0.3) is 0 Å². The van der Waals surface area contributed by atoms with Gasteiger partial charge < -0.3 is 10.2 Å². The van der Waals surface area contributed by atoms with Gasteiger partial charge in [0.05, 0.1) is 5.69 Å². The van der Waals surface area contributed by atoms with Gasteiger partial charge in [-0.1, -0.05) is 31.4 Å². The number of aromatic nitrogens is 3. The van der Waals surface area contributed by atoms with Crippen LogP contribution < -0.4 is 10.2 Å². The summed E-state index contributed by atoms with van der Waals surface area (Å²) in [6.07, 6.45) is 15.5. The van der Waals surface area contributed by atoms with Gasteiger partial charge in [0.2, 0.25) is 0 Å². The second kappa shape index (κ2) is 10.2. The standard InChI is InChI=1S/C30H32FN5/c31-23-11-9-21(10-12-23)28-26-20-32-15-14-25(26)30(36-17-5-2-6-18-36)35-29(28)22-13-16-33-27(19-22)34-24-7-3-1-4-8-24/h9-16,19-20,24H,1-8,17-18H2,(H,33,34). The second-order valence-corrected chi connectivity index (χ2v) is 10.0. The molecule has 36 heavy (non-hydrogen) atoms. The minimum absolute atomic E-state index is 0.247. The van der Waals surface area contributed by atoms with E-state index in [4.69, 9.17) is 4.98 Å². The number of benzene rings is 1. The number of nitrogens with zero attached hydrogens (tertiary/aromatic N) is 4. The van der Waals surface area contributed by atoms with Crippen molar-refractivity contribution < 1.29 is 4.39 Å². The van der Waals surface area contributed by atoms with Crippen LogP contribution in [0, 0.1) is 5.82 Å². The molecular weight excluding hydrogens is 449 g/mol. The van der Waals surface area contributed by atoms with Gasteiger partial charge in [-0.25, -0.2) is 14.4 Å². The van der Waals surface area contributed by atoms with Crippen LogP contribution in [-0.2, 0) is 0 Å². The molecule has 1 aliphatic heterocycles. The molecule has 1 N–H and O–H groups in total. The Morgan fingerprint density at radius 3 is 2.39 bits per heavy atom. The van der Waals surface area contributed by atoms with Crippen LogP contribution in [0.15, 0.2) is 61.1 Å². The van der Waals surface area contributed by atoms with Gasteiger partial charge in [-0.05, 0) is 68.0 Å². The van der Waals surface area contributed by atoms with E-state index in [2.05, 4.69) is 32.3 Å². The largest absolute Gasteiger partial charge is 0.367 e. The van der Waals surface area contributed by atoms with Crippen LogP contribution in [0.25, 0.3) is 33.2 Å². The first-order valence-electron chi connectivity index (χ1n) is 13.3. The molecule has 1 saturated carbocycles. The highest BCUT2D eigenvalue weighted by Crippen LogP contribution is 2.41. The minimum Gasteiger partial charge on any atom is -0.367 e. The first kappa shape index (κ1) is 22.9. The maximum atomic E-state index is 13.9. The molecule has 4 heterocycles. The van der Waals surface area contributed by atoms with Gasteiger partial charge in [-0.2, -0.15) is 0 Å². The fourth-order valence-corrected chi connectivity index (χ4v) is 5.72. The third-order valence-corrected chi connectivity index (χ3v) is 7.56. The molecule has 6 rings (SSSR count). The molecule has 184 valence electrons. The van der Waals surface area contributed by atoms with Crippen LogP contribution >= 0.6 is 0 Å². The molecule has 4 aromatic rings. The first-order valence-corrected chi connectivity index (χ1v) is 13.3. The summed E-state index contributed by atoms with van der Waals surface area (Å²) in [6, 6.07) is 13.4. The molecular formula is C30H32FN5. The Balaban J connectivity index is 1.53. The van der Waals surface area contributed by atoms with Crippen molar-refractivity contribution in [2.75, 3.05) is 23.3 Å². The molecule has 3 aromatic heterocycles. The van der Waals surface area contributed by atoms with Crippen LogP contribution in [0.3, 0.4) is 0 Å². The summed E-state index contributed by atoms with van der Waals surface area (Å²) in [4.78, 5) is 16.9. The maximum Gasteiger partial charge on any atom is 0.137 e. The van der Waals surface area contributed by atoms with Crippen LogP contribution in [0.4, 0.5) is 16.0 Å². The third-order valence-electron chi connectivity index (χ3n) is 7.56. The van der Waals surface area contributed by atoms with E-state index in [-0.39, 0.29) is 5.82 Å². The molecule has 0 unspecified atom stereocenters. The summed E-state index contributed by atoms with van der Waals surface area (Å²) in [7, 11) is 0. The van der Waals surface area contributed by atoms with Gasteiger partial charge in [0.15, 0.2) is 0 Å². The van der Waals surface area contributed by atoms with Crippen molar-refractivity contribution in [1.82, 2.24) is 15.0 Å². The van der Waals surface area contributed by atoms with E-state index in [1.165, 1.54) is 63.5 Å². The second-order valence-electron chi connectivity index (χ2n) is 10.0. The summed E-state index contributed by atoms with van der Waals surface area (Å²) in [6.45, 7) is 2.01. The predicted molar refractivity (Wildman–Crippen MR) is 145 cm³/mol. The Bertz CT molecular complexity index is 1340. The lowest BCUT2D eigenvalue weighted by molar-refractivity contribution is 0.462. The highest BCUT2D eigenvalue weighted by molar-refractivity contribution is 6.07. The van der Waals surface area contributed by atoms with Crippen molar-refractivity contribution >= 4 is 22.4 Å². The highest BCUT2D eigenvalue weighted by atomic mass is 19.1. The molecule has 6 heteroatoms. The number of anilines is 2. The lowest BCUT2D eigenvalue weighted by Crippen LogP contribution is -2.30. The van der Waals surface area contributed by atoms with Crippen LogP contribution in [-0.4, -0.2) is 34.1 Å². The molecule has 0 atom stereocenters. The lowest BCUT2D eigenvalue weighted by atomic mass is 9.94. The van der Waals surface area contributed by atoms with Gasteiger partial charge >= 0.3 is 0 Å². The number of fused-ring (bicyclic) bond motifs is 1. The fraction of sp³-hybridized carbons (Fsp3) is 0.367. The van der Waals surface area contributed by atoms with E-state index in [9.17, 15) is 4.39 Å². The van der Waals surface area contributed by atoms with Gasteiger partial charge in [0, 0.05) is 59.6 Å². The Morgan fingerprint density at radius 1 is 0.806 bits per heavy atom.